The number of hydrogen-bond donors (Lipinski definition) is 1. The molecule has 0 unspecified atom stereocenters. The minimum atomic E-state index is 0.884. The molecule has 4 nitrogen and oxygen atoms in total. The van der Waals surface area contributed by atoms with E-state index >= 15 is 0 Å². The van der Waals surface area contributed by atoms with Crippen molar-refractivity contribution in [1.29, 1.82) is 0 Å². The summed E-state index contributed by atoms with van der Waals surface area (Å²) in [6, 6.07) is 4.12. The van der Waals surface area contributed by atoms with Crippen molar-refractivity contribution < 1.29 is 9.94 Å². The van der Waals surface area contributed by atoms with E-state index in [-0.39, 0.29) is 0 Å². The number of morpholine rings is 1. The maximum absolute atomic E-state index is 8.45. The minimum Gasteiger partial charge on any atom is -0.411 e. The van der Waals surface area contributed by atoms with Crippen molar-refractivity contribution in [3.05, 3.63) is 21.9 Å². The van der Waals surface area contributed by atoms with Gasteiger partial charge in [-0.1, -0.05) is 5.16 Å². The maximum Gasteiger partial charge on any atom is 0.0833 e. The first-order chi connectivity index (χ1) is 8.88. The molecule has 0 aromatic carbocycles. The van der Waals surface area contributed by atoms with Gasteiger partial charge in [-0.2, -0.15) is 0 Å². The van der Waals surface area contributed by atoms with Gasteiger partial charge in [0.05, 0.1) is 19.4 Å². The third kappa shape index (κ3) is 4.40. The fourth-order valence-corrected chi connectivity index (χ4v) is 3.04. The maximum atomic E-state index is 8.45. The molecule has 1 aromatic rings. The van der Waals surface area contributed by atoms with E-state index in [4.69, 9.17) is 9.94 Å². The fourth-order valence-electron chi connectivity index (χ4n) is 2.11. The van der Waals surface area contributed by atoms with Crippen LogP contribution >= 0.6 is 11.3 Å². The molecule has 2 heterocycles. The van der Waals surface area contributed by atoms with Crippen molar-refractivity contribution in [3.63, 3.8) is 0 Å². The van der Waals surface area contributed by atoms with Crippen LogP contribution in [0.1, 0.15) is 22.6 Å². The van der Waals surface area contributed by atoms with Crippen LogP contribution in [0.3, 0.4) is 0 Å². The average molecular weight is 268 g/mol. The van der Waals surface area contributed by atoms with Crippen LogP contribution in [0.4, 0.5) is 0 Å². The van der Waals surface area contributed by atoms with Gasteiger partial charge in [0.1, 0.15) is 0 Å². The molecule has 1 aliphatic rings. The summed E-state index contributed by atoms with van der Waals surface area (Å²) in [7, 11) is 0. The number of hydrogen-bond acceptors (Lipinski definition) is 5. The molecule has 0 atom stereocenters. The third-order valence-corrected chi connectivity index (χ3v) is 4.20. The van der Waals surface area contributed by atoms with Gasteiger partial charge >= 0.3 is 0 Å². The molecule has 0 aliphatic carbocycles. The number of oxime groups is 1. The summed E-state index contributed by atoms with van der Waals surface area (Å²) in [6.45, 7) is 5.11. The Morgan fingerprint density at radius 3 is 2.94 bits per heavy atom. The summed E-state index contributed by atoms with van der Waals surface area (Å²) in [5, 5.41) is 11.5. The van der Waals surface area contributed by atoms with E-state index in [1.807, 2.05) is 6.07 Å². The predicted octanol–water partition coefficient (Wildman–Crippen LogP) is 2.21. The van der Waals surface area contributed by atoms with Gasteiger partial charge in [0.25, 0.3) is 0 Å². The second-order valence-electron chi connectivity index (χ2n) is 4.46. The molecule has 0 radical (unpaired) electrons. The first-order valence-corrected chi connectivity index (χ1v) is 7.26. The first-order valence-electron chi connectivity index (χ1n) is 6.45. The highest BCUT2D eigenvalue weighted by atomic mass is 32.1. The molecule has 18 heavy (non-hydrogen) atoms. The SMILES string of the molecule is ON=Cc1ccc(CCCCN2CCOCC2)s1. The van der Waals surface area contributed by atoms with Gasteiger partial charge in [-0.15, -0.1) is 11.3 Å². The number of aryl methyl sites for hydroxylation is 1. The molecule has 0 spiro atoms. The molecule has 1 aliphatic heterocycles. The Morgan fingerprint density at radius 1 is 1.33 bits per heavy atom. The number of nitrogens with zero attached hydrogens (tertiary/aromatic N) is 2. The molecule has 1 aromatic heterocycles. The molecule has 0 saturated carbocycles. The van der Waals surface area contributed by atoms with Gasteiger partial charge in [-0.05, 0) is 37.9 Å². The van der Waals surface area contributed by atoms with Crippen LogP contribution in [-0.2, 0) is 11.2 Å². The molecule has 0 bridgehead atoms. The summed E-state index contributed by atoms with van der Waals surface area (Å²) in [5.74, 6) is 0. The number of rotatable bonds is 6. The van der Waals surface area contributed by atoms with E-state index in [0.717, 1.165) is 37.6 Å². The Morgan fingerprint density at radius 2 is 2.17 bits per heavy atom. The van der Waals surface area contributed by atoms with Crippen LogP contribution < -0.4 is 0 Å². The lowest BCUT2D eigenvalue weighted by molar-refractivity contribution is 0.0372. The summed E-state index contributed by atoms with van der Waals surface area (Å²) >= 11 is 1.70. The lowest BCUT2D eigenvalue weighted by Crippen LogP contribution is -2.36. The number of thiophene rings is 1. The molecular formula is C13H20N2O2S. The lowest BCUT2D eigenvalue weighted by atomic mass is 10.2. The van der Waals surface area contributed by atoms with E-state index in [1.165, 1.54) is 30.5 Å². The zero-order valence-electron chi connectivity index (χ0n) is 10.5. The minimum absolute atomic E-state index is 0.884. The van der Waals surface area contributed by atoms with Crippen LogP contribution in [0, 0.1) is 0 Å². The molecular weight excluding hydrogens is 248 g/mol. The van der Waals surface area contributed by atoms with E-state index in [9.17, 15) is 0 Å². The van der Waals surface area contributed by atoms with Crippen molar-refractivity contribution in [1.82, 2.24) is 4.90 Å². The summed E-state index contributed by atoms with van der Waals surface area (Å²) in [6.07, 6.45) is 5.06. The molecule has 1 fully saturated rings. The smallest absolute Gasteiger partial charge is 0.0833 e. The van der Waals surface area contributed by atoms with Gasteiger partial charge in [0.2, 0.25) is 0 Å². The Labute approximate surface area is 112 Å². The number of unbranched alkanes of at least 4 members (excludes halogenated alkanes) is 1. The standard InChI is InChI=1S/C13H20N2O2S/c16-14-11-13-5-4-12(18-13)3-1-2-6-15-7-9-17-10-8-15/h4-5,11,16H,1-3,6-10H2. The van der Waals surface area contributed by atoms with Crippen molar-refractivity contribution >= 4 is 17.6 Å². The van der Waals surface area contributed by atoms with Gasteiger partial charge in [-0.3, -0.25) is 4.90 Å². The summed E-state index contributed by atoms with van der Waals surface area (Å²) in [4.78, 5) is 4.86. The molecule has 2 rings (SSSR count). The van der Waals surface area contributed by atoms with Crippen LogP contribution in [0.2, 0.25) is 0 Å². The Bertz CT molecular complexity index is 373. The summed E-state index contributed by atoms with van der Waals surface area (Å²) < 4.78 is 5.33. The second-order valence-corrected chi connectivity index (χ2v) is 5.66. The zero-order valence-corrected chi connectivity index (χ0v) is 11.4. The quantitative estimate of drug-likeness (QED) is 0.372. The Hall–Kier alpha value is -0.910. The Kier molecular flexibility index (Phi) is 5.64. The van der Waals surface area contributed by atoms with Crippen LogP contribution in [-0.4, -0.2) is 49.2 Å². The van der Waals surface area contributed by atoms with Crippen LogP contribution in [0.5, 0.6) is 0 Å². The van der Waals surface area contributed by atoms with Gasteiger partial charge in [0, 0.05) is 22.8 Å². The van der Waals surface area contributed by atoms with Gasteiger partial charge in [-0.25, -0.2) is 0 Å². The molecule has 1 saturated heterocycles. The summed E-state index contributed by atoms with van der Waals surface area (Å²) in [5.41, 5.74) is 0. The number of ether oxygens (including phenoxy) is 1. The monoisotopic (exact) mass is 268 g/mol. The van der Waals surface area contributed by atoms with Crippen molar-refractivity contribution in [2.75, 3.05) is 32.8 Å². The average Bonchev–Trinajstić information content (AvgIpc) is 2.84. The fraction of sp³-hybridized carbons (Fsp3) is 0.615. The third-order valence-electron chi connectivity index (χ3n) is 3.12. The zero-order chi connectivity index (χ0) is 12.6. The van der Waals surface area contributed by atoms with Gasteiger partial charge in [0.15, 0.2) is 0 Å². The van der Waals surface area contributed by atoms with Crippen molar-refractivity contribution in [2.24, 2.45) is 5.16 Å². The Balaban J connectivity index is 1.62. The van der Waals surface area contributed by atoms with Crippen LogP contribution in [0.25, 0.3) is 0 Å². The predicted molar refractivity (Wildman–Crippen MR) is 73.9 cm³/mol. The van der Waals surface area contributed by atoms with Gasteiger partial charge < -0.3 is 9.94 Å². The van der Waals surface area contributed by atoms with Crippen LogP contribution in [0.15, 0.2) is 17.3 Å². The van der Waals surface area contributed by atoms with E-state index < -0.39 is 0 Å². The molecule has 0 amide bonds. The molecule has 5 heteroatoms. The van der Waals surface area contributed by atoms with E-state index in [0.29, 0.717) is 0 Å². The molecule has 1 N–H and O–H groups in total. The first kappa shape index (κ1) is 13.5. The van der Waals surface area contributed by atoms with E-state index in [1.54, 1.807) is 11.3 Å². The lowest BCUT2D eigenvalue weighted by Gasteiger charge is -2.26. The topological polar surface area (TPSA) is 45.1 Å². The largest absolute Gasteiger partial charge is 0.411 e. The highest BCUT2D eigenvalue weighted by molar-refractivity contribution is 7.13. The van der Waals surface area contributed by atoms with E-state index in [2.05, 4.69) is 16.1 Å². The van der Waals surface area contributed by atoms with Crippen molar-refractivity contribution in [2.45, 2.75) is 19.3 Å². The second kappa shape index (κ2) is 7.51. The highest BCUT2D eigenvalue weighted by Crippen LogP contribution is 2.17. The normalized spacial score (nSPS) is 17.6. The molecule has 100 valence electrons. The van der Waals surface area contributed by atoms with Crippen molar-refractivity contribution in [3.8, 4) is 0 Å². The highest BCUT2D eigenvalue weighted by Gasteiger charge is 2.09.